The summed E-state index contributed by atoms with van der Waals surface area (Å²) in [6.07, 6.45) is 0.967. The van der Waals surface area contributed by atoms with Crippen LogP contribution in [0.15, 0.2) is 60.9 Å². The molecule has 31 heavy (non-hydrogen) atoms. The fourth-order valence-corrected chi connectivity index (χ4v) is 3.36. The molecule has 1 N–H and O–H groups in total. The molecule has 3 aromatic rings. The fourth-order valence-electron chi connectivity index (χ4n) is 3.36. The van der Waals surface area contributed by atoms with Crippen LogP contribution in [0.2, 0.25) is 0 Å². The lowest BCUT2D eigenvalue weighted by Crippen LogP contribution is -2.38. The smallest absolute Gasteiger partial charge is 0.417 e. The standard InChI is InChI=1S/C23H25N5O3/c1-15(2)20-13-30-23(29)28(20)22-25-14-24-21(27-22)26-16(3)17-9-11-19(12-10-17)31-18-7-5-4-6-8-18/h4-12,14-16,20H,13H2,1-3H3,(H,24,25,26,27)/t16-,20?/m0/s1. The first-order valence-corrected chi connectivity index (χ1v) is 10.3. The molecule has 4 rings (SSSR count). The van der Waals surface area contributed by atoms with E-state index in [2.05, 4.69) is 20.3 Å². The van der Waals surface area contributed by atoms with Crippen molar-refractivity contribution in [1.29, 1.82) is 0 Å². The van der Waals surface area contributed by atoms with Gasteiger partial charge in [0.1, 0.15) is 24.4 Å². The maximum Gasteiger partial charge on any atom is 0.417 e. The van der Waals surface area contributed by atoms with Crippen LogP contribution in [-0.2, 0) is 4.74 Å². The van der Waals surface area contributed by atoms with Crippen molar-refractivity contribution in [1.82, 2.24) is 15.0 Å². The van der Waals surface area contributed by atoms with Crippen molar-refractivity contribution in [2.75, 3.05) is 16.8 Å². The van der Waals surface area contributed by atoms with Gasteiger partial charge in [0.15, 0.2) is 0 Å². The number of nitrogens with one attached hydrogen (secondary N) is 1. The number of anilines is 2. The van der Waals surface area contributed by atoms with E-state index in [-0.39, 0.29) is 23.9 Å². The first-order valence-electron chi connectivity index (χ1n) is 10.3. The predicted octanol–water partition coefficient (Wildman–Crippen LogP) is 4.82. The maximum atomic E-state index is 12.2. The summed E-state index contributed by atoms with van der Waals surface area (Å²) in [6, 6.07) is 17.3. The maximum absolute atomic E-state index is 12.2. The average Bonchev–Trinajstić information content (AvgIpc) is 3.17. The van der Waals surface area contributed by atoms with Crippen LogP contribution in [0.3, 0.4) is 0 Å². The lowest BCUT2D eigenvalue weighted by atomic mass is 10.1. The molecule has 0 aliphatic carbocycles. The van der Waals surface area contributed by atoms with Crippen molar-refractivity contribution in [2.45, 2.75) is 32.9 Å². The van der Waals surface area contributed by atoms with Gasteiger partial charge in [0.2, 0.25) is 11.9 Å². The monoisotopic (exact) mass is 419 g/mol. The van der Waals surface area contributed by atoms with Crippen LogP contribution in [0.5, 0.6) is 11.5 Å². The third kappa shape index (κ3) is 4.74. The molecule has 0 saturated carbocycles. The van der Waals surface area contributed by atoms with E-state index in [0.29, 0.717) is 12.6 Å². The first-order chi connectivity index (χ1) is 15.0. The molecular weight excluding hydrogens is 394 g/mol. The first kappa shape index (κ1) is 20.6. The van der Waals surface area contributed by atoms with E-state index in [1.807, 2.05) is 75.4 Å². The number of amides is 1. The number of cyclic esters (lactones) is 1. The molecule has 2 heterocycles. The van der Waals surface area contributed by atoms with Gasteiger partial charge in [-0.25, -0.2) is 19.7 Å². The Labute approximate surface area is 181 Å². The Hall–Kier alpha value is -3.68. The minimum absolute atomic E-state index is 0.0625. The van der Waals surface area contributed by atoms with Crippen molar-refractivity contribution in [3.8, 4) is 11.5 Å². The lowest BCUT2D eigenvalue weighted by Gasteiger charge is -2.22. The zero-order valence-corrected chi connectivity index (χ0v) is 17.7. The summed E-state index contributed by atoms with van der Waals surface area (Å²) in [6.45, 7) is 6.41. The molecule has 0 spiro atoms. The van der Waals surface area contributed by atoms with Crippen molar-refractivity contribution in [2.24, 2.45) is 5.92 Å². The lowest BCUT2D eigenvalue weighted by molar-refractivity contribution is 0.177. The Bertz CT molecular complexity index is 1030. The zero-order chi connectivity index (χ0) is 21.8. The number of hydrogen-bond acceptors (Lipinski definition) is 7. The number of ether oxygens (including phenoxy) is 2. The largest absolute Gasteiger partial charge is 0.457 e. The van der Waals surface area contributed by atoms with Gasteiger partial charge in [0.05, 0.1) is 12.1 Å². The number of benzene rings is 2. The topological polar surface area (TPSA) is 89.5 Å². The van der Waals surface area contributed by atoms with E-state index in [1.54, 1.807) is 0 Å². The van der Waals surface area contributed by atoms with E-state index in [9.17, 15) is 4.79 Å². The number of carbonyl (C=O) groups excluding carboxylic acids is 1. The van der Waals surface area contributed by atoms with Crippen molar-refractivity contribution >= 4 is 18.0 Å². The van der Waals surface area contributed by atoms with Crippen molar-refractivity contribution in [3.63, 3.8) is 0 Å². The molecule has 1 amide bonds. The quantitative estimate of drug-likeness (QED) is 0.587. The molecule has 1 saturated heterocycles. The highest BCUT2D eigenvalue weighted by atomic mass is 16.6. The van der Waals surface area contributed by atoms with Crippen LogP contribution in [0, 0.1) is 5.92 Å². The molecule has 1 fully saturated rings. The summed E-state index contributed by atoms with van der Waals surface area (Å²) in [7, 11) is 0. The van der Waals surface area contributed by atoms with E-state index < -0.39 is 6.09 Å². The third-order valence-corrected chi connectivity index (χ3v) is 5.15. The summed E-state index contributed by atoms with van der Waals surface area (Å²) >= 11 is 0. The van der Waals surface area contributed by atoms with Crippen LogP contribution in [0.1, 0.15) is 32.4 Å². The Morgan fingerprint density at radius 3 is 2.45 bits per heavy atom. The Kier molecular flexibility index (Phi) is 5.97. The molecule has 2 aromatic carbocycles. The van der Waals surface area contributed by atoms with Crippen LogP contribution >= 0.6 is 0 Å². The molecule has 0 bridgehead atoms. The zero-order valence-electron chi connectivity index (χ0n) is 17.7. The number of para-hydroxylation sites is 1. The summed E-state index contributed by atoms with van der Waals surface area (Å²) < 4.78 is 11.0. The number of hydrogen-bond donors (Lipinski definition) is 1. The number of aromatic nitrogens is 3. The molecule has 8 heteroatoms. The summed E-state index contributed by atoms with van der Waals surface area (Å²) in [4.78, 5) is 26.5. The van der Waals surface area contributed by atoms with Gasteiger partial charge >= 0.3 is 6.09 Å². The van der Waals surface area contributed by atoms with Gasteiger partial charge in [-0.2, -0.15) is 4.98 Å². The molecule has 1 aliphatic heterocycles. The summed E-state index contributed by atoms with van der Waals surface area (Å²) in [5.41, 5.74) is 1.04. The van der Waals surface area contributed by atoms with Gasteiger partial charge in [-0.15, -0.1) is 0 Å². The van der Waals surface area contributed by atoms with Gasteiger partial charge < -0.3 is 14.8 Å². The average molecular weight is 419 g/mol. The highest BCUT2D eigenvalue weighted by Gasteiger charge is 2.38. The Morgan fingerprint density at radius 2 is 1.74 bits per heavy atom. The minimum atomic E-state index is -0.432. The summed E-state index contributed by atoms with van der Waals surface area (Å²) in [5, 5.41) is 3.27. The Balaban J connectivity index is 1.44. The van der Waals surface area contributed by atoms with Crippen LogP contribution in [0.4, 0.5) is 16.7 Å². The highest BCUT2D eigenvalue weighted by molar-refractivity contribution is 5.88. The molecule has 160 valence electrons. The van der Waals surface area contributed by atoms with E-state index >= 15 is 0 Å². The molecule has 0 radical (unpaired) electrons. The van der Waals surface area contributed by atoms with Crippen molar-refractivity contribution < 1.29 is 14.3 Å². The number of carbonyl (C=O) groups is 1. The fraction of sp³-hybridized carbons (Fsp3) is 0.304. The van der Waals surface area contributed by atoms with Crippen molar-refractivity contribution in [3.05, 3.63) is 66.5 Å². The van der Waals surface area contributed by atoms with Crippen LogP contribution in [-0.4, -0.2) is 33.7 Å². The van der Waals surface area contributed by atoms with E-state index in [4.69, 9.17) is 9.47 Å². The molecule has 1 unspecified atom stereocenters. The van der Waals surface area contributed by atoms with Gasteiger partial charge in [-0.1, -0.05) is 44.2 Å². The third-order valence-electron chi connectivity index (χ3n) is 5.15. The highest BCUT2D eigenvalue weighted by Crippen LogP contribution is 2.26. The van der Waals surface area contributed by atoms with Gasteiger partial charge in [-0.05, 0) is 42.7 Å². The molecule has 1 aliphatic rings. The van der Waals surface area contributed by atoms with Crippen LogP contribution < -0.4 is 15.0 Å². The van der Waals surface area contributed by atoms with Gasteiger partial charge in [0, 0.05) is 0 Å². The molecule has 2 atom stereocenters. The van der Waals surface area contributed by atoms with Crippen LogP contribution in [0.25, 0.3) is 0 Å². The molecule has 1 aromatic heterocycles. The number of rotatable bonds is 7. The normalized spacial score (nSPS) is 16.8. The number of nitrogens with zero attached hydrogens (tertiary/aromatic N) is 4. The SMILES string of the molecule is CC(C)C1COC(=O)N1c1ncnc(N[C@@H](C)c2ccc(Oc3ccccc3)cc2)n1. The minimum Gasteiger partial charge on any atom is -0.457 e. The second-order valence-electron chi connectivity index (χ2n) is 7.72. The second kappa shape index (κ2) is 8.99. The van der Waals surface area contributed by atoms with Gasteiger partial charge in [0.25, 0.3) is 0 Å². The molecule has 8 nitrogen and oxygen atoms in total. The second-order valence-corrected chi connectivity index (χ2v) is 7.72. The summed E-state index contributed by atoms with van der Waals surface area (Å²) in [5.74, 6) is 2.45. The van der Waals surface area contributed by atoms with E-state index in [1.165, 1.54) is 11.2 Å². The van der Waals surface area contributed by atoms with Gasteiger partial charge in [-0.3, -0.25) is 0 Å². The van der Waals surface area contributed by atoms with E-state index in [0.717, 1.165) is 17.1 Å². The Morgan fingerprint density at radius 1 is 1.03 bits per heavy atom. The molecular formula is C23H25N5O3. The predicted molar refractivity (Wildman–Crippen MR) is 117 cm³/mol.